The molecule has 2 rings (SSSR count). The molecule has 0 spiro atoms. The standard InChI is InChI=1S/C8H6I4N4O2/c1-14-3-4(13-6(14)9)16(8(10,11)12)7(18)15(2)5(3)17/h1-2H3. The zero-order valence-corrected chi connectivity index (χ0v) is 17.7. The van der Waals surface area contributed by atoms with Gasteiger partial charge in [0.15, 0.2) is 15.0 Å². The molecule has 0 atom stereocenters. The quantitative estimate of drug-likeness (QED) is 0.260. The number of nitrogens with zero attached hydrogens (tertiary/aromatic N) is 4. The van der Waals surface area contributed by atoms with Crippen LogP contribution in [-0.4, -0.2) is 18.7 Å². The molecule has 0 fully saturated rings. The molecule has 0 aliphatic rings. The van der Waals surface area contributed by atoms with E-state index in [1.54, 1.807) is 11.6 Å². The maximum atomic E-state index is 12.2. The second-order valence-electron chi connectivity index (χ2n) is 3.56. The molecule has 2 heterocycles. The Hall–Kier alpha value is 1.07. The highest BCUT2D eigenvalue weighted by molar-refractivity contribution is 14.3. The van der Waals surface area contributed by atoms with Crippen molar-refractivity contribution in [2.24, 2.45) is 14.1 Å². The van der Waals surface area contributed by atoms with E-state index < -0.39 is -0.441 Å². The fourth-order valence-corrected chi connectivity index (χ4v) is 3.34. The van der Waals surface area contributed by atoms with Crippen LogP contribution in [0.5, 0.6) is 0 Å². The lowest BCUT2D eigenvalue weighted by Gasteiger charge is -2.17. The maximum absolute atomic E-state index is 12.2. The highest BCUT2D eigenvalue weighted by atomic mass is 127. The number of fused-ring (bicyclic) bond motifs is 1. The molecule has 0 aliphatic carbocycles. The van der Waals surface area contributed by atoms with Crippen molar-refractivity contribution in [2.75, 3.05) is 0 Å². The molecule has 0 aromatic carbocycles. The highest BCUT2D eigenvalue weighted by Gasteiger charge is 2.28. The second kappa shape index (κ2) is 5.12. The van der Waals surface area contributed by atoms with Gasteiger partial charge in [-0.1, -0.05) is 0 Å². The molecule has 0 unspecified atom stereocenters. The van der Waals surface area contributed by atoms with Crippen molar-refractivity contribution in [3.8, 4) is 0 Å². The van der Waals surface area contributed by atoms with Crippen molar-refractivity contribution in [2.45, 2.75) is -0.441 Å². The van der Waals surface area contributed by atoms with Gasteiger partial charge in [-0.25, -0.2) is 14.3 Å². The van der Waals surface area contributed by atoms with Crippen LogP contribution >= 0.6 is 90.4 Å². The van der Waals surface area contributed by atoms with E-state index in [4.69, 9.17) is 0 Å². The maximum Gasteiger partial charge on any atom is 0.334 e. The lowest BCUT2D eigenvalue weighted by atomic mass is 10.5. The zero-order chi connectivity index (χ0) is 13.8. The fraction of sp³-hybridized carbons (Fsp3) is 0.375. The number of halogens is 4. The normalized spacial score (nSPS) is 12.3. The van der Waals surface area contributed by atoms with Crippen molar-refractivity contribution in [1.82, 2.24) is 18.7 Å². The summed E-state index contributed by atoms with van der Waals surface area (Å²) in [4.78, 5) is 28.7. The van der Waals surface area contributed by atoms with Gasteiger partial charge in [-0.15, -0.1) is 0 Å². The number of hydrogen-bond acceptors (Lipinski definition) is 3. The molecule has 0 aliphatic heterocycles. The van der Waals surface area contributed by atoms with Crippen molar-refractivity contribution < 1.29 is 0 Å². The van der Waals surface area contributed by atoms with Crippen molar-refractivity contribution in [1.29, 1.82) is 0 Å². The summed E-state index contributed by atoms with van der Waals surface area (Å²) >= 11 is 8.45. The summed E-state index contributed by atoms with van der Waals surface area (Å²) in [6, 6.07) is 0. The predicted octanol–water partition coefficient (Wildman–Crippen LogP) is 1.91. The Bertz CT molecular complexity index is 752. The van der Waals surface area contributed by atoms with E-state index >= 15 is 0 Å². The van der Waals surface area contributed by atoms with E-state index in [1.165, 1.54) is 11.6 Å². The monoisotopic (exact) mass is 698 g/mol. The molecule has 0 saturated heterocycles. The molecular weight excluding hydrogens is 692 g/mol. The van der Waals surface area contributed by atoms with E-state index in [-0.39, 0.29) is 11.2 Å². The summed E-state index contributed by atoms with van der Waals surface area (Å²) in [5, 5.41) is 0. The number of alkyl halides is 3. The summed E-state index contributed by atoms with van der Waals surface area (Å²) < 4.78 is 4.49. The van der Waals surface area contributed by atoms with Crippen molar-refractivity contribution >= 4 is 102 Å². The predicted molar refractivity (Wildman–Crippen MR) is 103 cm³/mol. The number of hydrogen-bond donors (Lipinski definition) is 0. The van der Waals surface area contributed by atoms with E-state index in [0.717, 1.165) is 4.57 Å². The lowest BCUT2D eigenvalue weighted by Crippen LogP contribution is -2.41. The Morgan fingerprint density at radius 2 is 1.67 bits per heavy atom. The average Bonchev–Trinajstić information content (AvgIpc) is 2.50. The van der Waals surface area contributed by atoms with Gasteiger partial charge in [-0.2, -0.15) is 0 Å². The molecule has 98 valence electrons. The van der Waals surface area contributed by atoms with Gasteiger partial charge in [0.05, 0.1) is 0 Å². The van der Waals surface area contributed by atoms with Crippen LogP contribution in [0, 0.1) is 3.83 Å². The van der Waals surface area contributed by atoms with Crippen LogP contribution in [-0.2, 0) is 13.7 Å². The molecule has 0 N–H and O–H groups in total. The summed E-state index contributed by atoms with van der Waals surface area (Å²) in [6.45, 7) is 0. The molecule has 0 saturated carbocycles. The van der Waals surface area contributed by atoms with Gasteiger partial charge >= 0.3 is 5.69 Å². The van der Waals surface area contributed by atoms with Crippen LogP contribution in [0.15, 0.2) is 9.59 Å². The Kier molecular flexibility index (Phi) is 4.40. The fourth-order valence-electron chi connectivity index (χ4n) is 1.57. The Morgan fingerprint density at radius 1 is 1.11 bits per heavy atom. The van der Waals surface area contributed by atoms with E-state index in [2.05, 4.69) is 72.8 Å². The summed E-state index contributed by atoms with van der Waals surface area (Å²) in [5.41, 5.74) is 0.182. The van der Waals surface area contributed by atoms with E-state index in [0.29, 0.717) is 15.0 Å². The third-order valence-corrected chi connectivity index (χ3v) is 4.89. The molecule has 10 heteroatoms. The number of imidazole rings is 1. The molecule has 0 amide bonds. The molecule has 18 heavy (non-hydrogen) atoms. The number of rotatable bonds is 1. The largest absolute Gasteiger partial charge is 0.334 e. The van der Waals surface area contributed by atoms with Gasteiger partial charge < -0.3 is 4.57 Å². The minimum Gasteiger partial charge on any atom is -0.317 e. The highest BCUT2D eigenvalue weighted by Crippen LogP contribution is 2.41. The van der Waals surface area contributed by atoms with Crippen LogP contribution in [0.25, 0.3) is 11.2 Å². The van der Waals surface area contributed by atoms with Gasteiger partial charge in [0.1, 0.15) is 0 Å². The molecule has 0 bridgehead atoms. The van der Waals surface area contributed by atoms with E-state index in [9.17, 15) is 9.59 Å². The Balaban J connectivity index is 3.18. The van der Waals surface area contributed by atoms with Crippen LogP contribution in [0.2, 0.25) is 0 Å². The number of aryl methyl sites for hydroxylation is 1. The van der Waals surface area contributed by atoms with Crippen LogP contribution in [0.4, 0.5) is 0 Å². The molecule has 6 nitrogen and oxygen atoms in total. The van der Waals surface area contributed by atoms with Gasteiger partial charge in [-0.3, -0.25) is 9.36 Å². The topological polar surface area (TPSA) is 61.8 Å². The smallest absolute Gasteiger partial charge is 0.317 e. The summed E-state index contributed by atoms with van der Waals surface area (Å²) in [5.74, 6) is 0. The number of aromatic nitrogens is 4. The van der Waals surface area contributed by atoms with Crippen LogP contribution < -0.4 is 11.2 Å². The third-order valence-electron chi connectivity index (χ3n) is 2.47. The first-order chi connectivity index (χ1) is 8.16. The Labute approximate surface area is 156 Å². The van der Waals surface area contributed by atoms with E-state index in [1.807, 2.05) is 22.6 Å². The minimum absolute atomic E-state index is 0.322. The Morgan fingerprint density at radius 3 is 2.17 bits per heavy atom. The first-order valence-electron chi connectivity index (χ1n) is 4.57. The molecule has 2 aromatic heterocycles. The molecular formula is C8H6I4N4O2. The van der Waals surface area contributed by atoms with Gasteiger partial charge in [0.2, 0.25) is -0.441 Å². The SMILES string of the molecule is Cn1c(=O)c2c(nc(I)n2C)n(C(I)(I)I)c1=O. The van der Waals surface area contributed by atoms with Crippen molar-refractivity contribution in [3.05, 3.63) is 24.7 Å². The van der Waals surface area contributed by atoms with Gasteiger partial charge in [-0.05, 0) is 67.8 Å². The minimum atomic E-state index is -0.522. The molecule has 2 aromatic rings. The van der Waals surface area contributed by atoms with Crippen LogP contribution in [0.3, 0.4) is 0 Å². The summed E-state index contributed by atoms with van der Waals surface area (Å²) in [7, 11) is 3.25. The van der Waals surface area contributed by atoms with Crippen molar-refractivity contribution in [3.63, 3.8) is 0 Å². The van der Waals surface area contributed by atoms with Crippen LogP contribution in [0.1, 0.15) is 0 Å². The average molecular weight is 698 g/mol. The second-order valence-corrected chi connectivity index (χ2v) is 15.4. The van der Waals surface area contributed by atoms with Gasteiger partial charge in [0, 0.05) is 36.7 Å². The molecule has 0 radical (unpaired) electrons. The zero-order valence-electron chi connectivity index (χ0n) is 9.12. The first kappa shape index (κ1) is 15.5. The third kappa shape index (κ3) is 2.38. The summed E-state index contributed by atoms with van der Waals surface area (Å²) in [6.07, 6.45) is 0. The lowest BCUT2D eigenvalue weighted by molar-refractivity contribution is 0.701. The van der Waals surface area contributed by atoms with Gasteiger partial charge in [0.25, 0.3) is 5.56 Å². The first-order valence-corrected chi connectivity index (χ1v) is 8.89.